The van der Waals surface area contributed by atoms with Crippen LogP contribution in [0.5, 0.6) is 0 Å². The zero-order valence-electron chi connectivity index (χ0n) is 53.2. The van der Waals surface area contributed by atoms with E-state index in [0.717, 1.165) is 96.3 Å². The molecule has 0 saturated carbocycles. The van der Waals surface area contributed by atoms with Crippen LogP contribution in [-0.4, -0.2) is 96.7 Å². The summed E-state index contributed by atoms with van der Waals surface area (Å²) in [4.78, 5) is 71.9. The molecule has 83 heavy (non-hydrogen) atoms. The highest BCUT2D eigenvalue weighted by atomic mass is 31.2. The van der Waals surface area contributed by atoms with Gasteiger partial charge in [0.2, 0.25) is 0 Å². The number of ether oxygens (including phenoxy) is 4. The number of hydrogen-bond donors (Lipinski definition) is 3. The lowest BCUT2D eigenvalue weighted by molar-refractivity contribution is -0.161. The molecular weight excluding hydrogens is 1100 g/mol. The van der Waals surface area contributed by atoms with Crippen molar-refractivity contribution in [3.63, 3.8) is 0 Å². The van der Waals surface area contributed by atoms with Crippen LogP contribution in [0.1, 0.15) is 329 Å². The number of carbonyl (C=O) groups is 4. The van der Waals surface area contributed by atoms with E-state index < -0.39 is 97.5 Å². The normalized spacial score (nSPS) is 14.2. The zero-order valence-corrected chi connectivity index (χ0v) is 54.9. The lowest BCUT2D eigenvalue weighted by Gasteiger charge is -2.21. The maximum Gasteiger partial charge on any atom is 0.472 e. The molecule has 0 heterocycles. The monoisotopic (exact) mass is 1230 g/mol. The van der Waals surface area contributed by atoms with Crippen LogP contribution < -0.4 is 0 Å². The Bertz CT molecular complexity index is 1600. The van der Waals surface area contributed by atoms with Gasteiger partial charge in [0.05, 0.1) is 26.4 Å². The fraction of sp³-hybridized carbons (Fsp3) is 0.938. The van der Waals surface area contributed by atoms with Gasteiger partial charge in [-0.1, -0.05) is 278 Å². The number of phosphoric acid groups is 2. The van der Waals surface area contributed by atoms with E-state index in [4.69, 9.17) is 37.0 Å². The Labute approximate surface area is 505 Å². The maximum absolute atomic E-state index is 12.9. The number of carbonyl (C=O) groups excluding carboxylic acids is 4. The Morgan fingerprint density at radius 1 is 0.289 bits per heavy atom. The highest BCUT2D eigenvalue weighted by Crippen LogP contribution is 2.45. The van der Waals surface area contributed by atoms with Crippen LogP contribution in [0, 0.1) is 0 Å². The van der Waals surface area contributed by atoms with Crippen molar-refractivity contribution in [1.82, 2.24) is 0 Å². The van der Waals surface area contributed by atoms with Gasteiger partial charge in [-0.2, -0.15) is 0 Å². The summed E-state index contributed by atoms with van der Waals surface area (Å²) in [5.74, 6) is -2.14. The number of esters is 4. The average Bonchev–Trinajstić information content (AvgIpc) is 3.46. The third kappa shape index (κ3) is 58.8. The summed E-state index contributed by atoms with van der Waals surface area (Å²) in [6.45, 7) is 4.79. The van der Waals surface area contributed by atoms with E-state index in [2.05, 4.69) is 27.7 Å². The van der Waals surface area contributed by atoms with Crippen LogP contribution in [0.2, 0.25) is 0 Å². The van der Waals surface area contributed by atoms with E-state index in [1.165, 1.54) is 154 Å². The van der Waals surface area contributed by atoms with Crippen molar-refractivity contribution >= 4 is 39.5 Å². The van der Waals surface area contributed by atoms with Gasteiger partial charge >= 0.3 is 39.5 Å². The molecule has 0 saturated heterocycles. The molecular formula is C64H124O17P2. The predicted octanol–water partition coefficient (Wildman–Crippen LogP) is 17.9. The van der Waals surface area contributed by atoms with Gasteiger partial charge in [-0.15, -0.1) is 0 Å². The van der Waals surface area contributed by atoms with Gasteiger partial charge in [0, 0.05) is 25.7 Å². The van der Waals surface area contributed by atoms with E-state index >= 15 is 0 Å². The van der Waals surface area contributed by atoms with Gasteiger partial charge in [0.1, 0.15) is 19.3 Å². The highest BCUT2D eigenvalue weighted by molar-refractivity contribution is 7.47. The summed E-state index contributed by atoms with van der Waals surface area (Å²) in [6.07, 6.45) is 44.9. The fourth-order valence-electron chi connectivity index (χ4n) is 9.63. The van der Waals surface area contributed by atoms with Crippen LogP contribution in [-0.2, 0) is 65.4 Å². The first-order valence-electron chi connectivity index (χ1n) is 33.8. The summed E-state index contributed by atoms with van der Waals surface area (Å²) in [7, 11) is -9.87. The van der Waals surface area contributed by atoms with Gasteiger partial charge < -0.3 is 33.8 Å². The van der Waals surface area contributed by atoms with Crippen molar-refractivity contribution in [2.45, 2.75) is 348 Å². The molecule has 0 rings (SSSR count). The lowest BCUT2D eigenvalue weighted by atomic mass is 10.0. The maximum atomic E-state index is 12.9. The molecule has 0 fully saturated rings. The van der Waals surface area contributed by atoms with Crippen LogP contribution in [0.4, 0.5) is 0 Å². The molecule has 0 aliphatic rings. The number of aliphatic hydroxyl groups is 1. The molecule has 0 aliphatic carbocycles. The Balaban J connectivity index is 5.06. The number of rotatable bonds is 65. The largest absolute Gasteiger partial charge is 0.472 e. The molecule has 2 unspecified atom stereocenters. The third-order valence-electron chi connectivity index (χ3n) is 14.9. The van der Waals surface area contributed by atoms with E-state index in [1.807, 2.05) is 0 Å². The molecule has 0 aliphatic heterocycles. The first kappa shape index (κ1) is 81.1. The summed E-state index contributed by atoms with van der Waals surface area (Å²) >= 11 is 0. The minimum absolute atomic E-state index is 0.101. The topological polar surface area (TPSA) is 237 Å². The smallest absolute Gasteiger partial charge is 0.462 e. The Morgan fingerprint density at radius 2 is 0.482 bits per heavy atom. The third-order valence-corrected chi connectivity index (χ3v) is 16.8. The van der Waals surface area contributed by atoms with Gasteiger partial charge in [-0.25, -0.2) is 9.13 Å². The van der Waals surface area contributed by atoms with Crippen LogP contribution in [0.25, 0.3) is 0 Å². The predicted molar refractivity (Wildman–Crippen MR) is 331 cm³/mol. The van der Waals surface area contributed by atoms with E-state index in [-0.39, 0.29) is 25.7 Å². The fourth-order valence-corrected chi connectivity index (χ4v) is 11.2. The van der Waals surface area contributed by atoms with Crippen LogP contribution >= 0.6 is 15.6 Å². The number of aliphatic hydroxyl groups excluding tert-OH is 1. The second-order valence-electron chi connectivity index (χ2n) is 23.2. The van der Waals surface area contributed by atoms with Gasteiger partial charge in [-0.3, -0.25) is 37.3 Å². The first-order chi connectivity index (χ1) is 40.2. The van der Waals surface area contributed by atoms with E-state index in [9.17, 15) is 43.2 Å². The average molecular weight is 1230 g/mol. The van der Waals surface area contributed by atoms with Crippen molar-refractivity contribution in [1.29, 1.82) is 0 Å². The van der Waals surface area contributed by atoms with Crippen LogP contribution in [0.3, 0.4) is 0 Å². The van der Waals surface area contributed by atoms with Crippen molar-refractivity contribution in [3.8, 4) is 0 Å². The molecule has 5 atom stereocenters. The summed E-state index contributed by atoms with van der Waals surface area (Å²) in [5.41, 5.74) is 0. The summed E-state index contributed by atoms with van der Waals surface area (Å²) in [6, 6.07) is 0. The molecule has 0 aromatic heterocycles. The standard InChI is InChI=1S/C64H124O17P2/c1-5-9-13-17-20-23-25-27-29-31-33-35-38-42-45-49-62(67)74-54-59(80-63(68)50-46-40-16-12-8-4)56-78-82(70,71)76-52-58(65)53-77-83(72,73)79-57-60(55-75-61(66)48-44-41-37-22-19-15-11-7-3)81-64(69)51-47-43-39-36-34-32-30-28-26-24-21-18-14-10-6-2/h58-60,65H,5-57H2,1-4H3,(H,70,71)(H,72,73)/t58-,59-,60-/m1/s1. The van der Waals surface area contributed by atoms with Crippen molar-refractivity contribution < 1.29 is 80.2 Å². The van der Waals surface area contributed by atoms with E-state index in [1.54, 1.807) is 0 Å². The van der Waals surface area contributed by atoms with Gasteiger partial charge in [0.15, 0.2) is 12.2 Å². The molecule has 17 nitrogen and oxygen atoms in total. The quantitative estimate of drug-likeness (QED) is 0.0222. The number of unbranched alkanes of at least 4 members (excludes halogenated alkanes) is 39. The molecule has 3 N–H and O–H groups in total. The number of hydrogen-bond acceptors (Lipinski definition) is 15. The SMILES string of the molecule is CCCCCCCCCCCCCCCCCC(=O)OC[C@H](COP(=O)(O)OC[C@@H](O)COP(=O)(O)OC[C@@H](COC(=O)CCCCCCCCCC)OC(=O)CCCCCCCCCCCCCCCCC)OC(=O)CCCCCCC. The number of phosphoric ester groups is 2. The molecule has 0 bridgehead atoms. The molecule has 0 aromatic rings. The molecule has 492 valence electrons. The molecule has 0 radical (unpaired) electrons. The molecule has 19 heteroatoms. The van der Waals surface area contributed by atoms with Crippen molar-refractivity contribution in [2.75, 3.05) is 39.6 Å². The Kier molecular flexibility index (Phi) is 57.7. The lowest BCUT2D eigenvalue weighted by Crippen LogP contribution is -2.30. The Hall–Kier alpha value is -1.94. The molecule has 0 amide bonds. The summed E-state index contributed by atoms with van der Waals surface area (Å²) in [5, 5.41) is 10.5. The minimum Gasteiger partial charge on any atom is -0.462 e. The summed E-state index contributed by atoms with van der Waals surface area (Å²) < 4.78 is 67.7. The minimum atomic E-state index is -4.94. The van der Waals surface area contributed by atoms with Crippen LogP contribution in [0.15, 0.2) is 0 Å². The Morgan fingerprint density at radius 3 is 0.711 bits per heavy atom. The second kappa shape index (κ2) is 59.0. The first-order valence-corrected chi connectivity index (χ1v) is 36.8. The van der Waals surface area contributed by atoms with Crippen molar-refractivity contribution in [3.05, 3.63) is 0 Å². The van der Waals surface area contributed by atoms with Gasteiger partial charge in [0.25, 0.3) is 0 Å². The van der Waals surface area contributed by atoms with Gasteiger partial charge in [-0.05, 0) is 25.7 Å². The second-order valence-corrected chi connectivity index (χ2v) is 26.1. The molecule has 0 aromatic carbocycles. The van der Waals surface area contributed by atoms with E-state index in [0.29, 0.717) is 25.7 Å². The van der Waals surface area contributed by atoms with Crippen molar-refractivity contribution in [2.24, 2.45) is 0 Å². The molecule has 0 spiro atoms. The highest BCUT2D eigenvalue weighted by Gasteiger charge is 2.30. The zero-order chi connectivity index (χ0) is 61.2.